The van der Waals surface area contributed by atoms with Crippen molar-refractivity contribution < 1.29 is 22.7 Å². The maximum absolute atomic E-state index is 13.1. The number of benzene rings is 2. The minimum absolute atomic E-state index is 0.0143. The molecular weight excluding hydrogens is 368 g/mol. The summed E-state index contributed by atoms with van der Waals surface area (Å²) in [4.78, 5) is 11.3. The molecule has 2 aromatic carbocycles. The van der Waals surface area contributed by atoms with Crippen molar-refractivity contribution in [3.63, 3.8) is 0 Å². The third-order valence-corrected chi connectivity index (χ3v) is 5.60. The number of carbonyl (C=O) groups is 1. The number of anilines is 1. The van der Waals surface area contributed by atoms with Gasteiger partial charge in [0.05, 0.1) is 19.3 Å². The summed E-state index contributed by atoms with van der Waals surface area (Å²) in [6.45, 7) is 3.89. The molecule has 1 aliphatic heterocycles. The largest absolute Gasteiger partial charge is 0.493 e. The van der Waals surface area contributed by atoms with Crippen LogP contribution >= 0.6 is 0 Å². The summed E-state index contributed by atoms with van der Waals surface area (Å²) in [7, 11) is -3.90. The Bertz CT molecular complexity index is 943. The molecular formula is C19H22N2O5S. The van der Waals surface area contributed by atoms with Gasteiger partial charge >= 0.3 is 0 Å². The van der Waals surface area contributed by atoms with Crippen LogP contribution in [-0.2, 0) is 14.8 Å². The Labute approximate surface area is 158 Å². The SMILES string of the molecule is CCOc1ccc(NC(C)=O)cc1S(=O)(=O)N[C@H]1CCOc2ccccc21. The quantitative estimate of drug-likeness (QED) is 0.791. The summed E-state index contributed by atoms with van der Waals surface area (Å²) in [5.41, 5.74) is 1.18. The summed E-state index contributed by atoms with van der Waals surface area (Å²) in [6.07, 6.45) is 0.519. The van der Waals surface area contributed by atoms with Crippen molar-refractivity contribution in [1.82, 2.24) is 4.72 Å². The monoisotopic (exact) mass is 390 g/mol. The van der Waals surface area contributed by atoms with E-state index in [9.17, 15) is 13.2 Å². The van der Waals surface area contributed by atoms with Gasteiger partial charge in [0, 0.05) is 24.6 Å². The highest BCUT2D eigenvalue weighted by Crippen LogP contribution is 2.34. The smallest absolute Gasteiger partial charge is 0.244 e. The number of hydrogen-bond acceptors (Lipinski definition) is 5. The normalized spacial score (nSPS) is 16.1. The van der Waals surface area contributed by atoms with Gasteiger partial charge in [0.25, 0.3) is 0 Å². The predicted octanol–water partition coefficient (Wildman–Crippen LogP) is 2.85. The number of amides is 1. The summed E-state index contributed by atoms with van der Waals surface area (Å²) < 4.78 is 40.0. The van der Waals surface area contributed by atoms with Crippen molar-refractivity contribution >= 4 is 21.6 Å². The van der Waals surface area contributed by atoms with E-state index < -0.39 is 16.1 Å². The maximum atomic E-state index is 13.1. The Kier molecular flexibility index (Phi) is 5.67. The van der Waals surface area contributed by atoms with Crippen LogP contribution in [0.25, 0.3) is 0 Å². The number of hydrogen-bond donors (Lipinski definition) is 2. The molecule has 0 fully saturated rings. The lowest BCUT2D eigenvalue weighted by atomic mass is 10.0. The molecule has 1 aliphatic rings. The number of ether oxygens (including phenoxy) is 2. The Balaban J connectivity index is 1.95. The number of rotatable bonds is 6. The molecule has 0 spiro atoms. The van der Waals surface area contributed by atoms with E-state index in [1.54, 1.807) is 19.1 Å². The van der Waals surface area contributed by atoms with Gasteiger partial charge in [-0.3, -0.25) is 4.79 Å². The van der Waals surface area contributed by atoms with Gasteiger partial charge in [0.2, 0.25) is 15.9 Å². The lowest BCUT2D eigenvalue weighted by molar-refractivity contribution is -0.114. The molecule has 7 nitrogen and oxygen atoms in total. The van der Waals surface area contributed by atoms with Crippen LogP contribution in [0.4, 0.5) is 5.69 Å². The van der Waals surface area contributed by atoms with Crippen molar-refractivity contribution in [1.29, 1.82) is 0 Å². The number of para-hydroxylation sites is 1. The molecule has 2 aromatic rings. The first-order valence-electron chi connectivity index (χ1n) is 8.69. The molecule has 2 N–H and O–H groups in total. The Morgan fingerprint density at radius 3 is 2.78 bits per heavy atom. The van der Waals surface area contributed by atoms with E-state index in [0.29, 0.717) is 31.1 Å². The Morgan fingerprint density at radius 1 is 1.26 bits per heavy atom. The molecule has 27 heavy (non-hydrogen) atoms. The van der Waals surface area contributed by atoms with Gasteiger partial charge < -0.3 is 14.8 Å². The fraction of sp³-hybridized carbons (Fsp3) is 0.316. The molecule has 0 radical (unpaired) electrons. The molecule has 0 saturated heterocycles. The number of nitrogens with one attached hydrogen (secondary N) is 2. The predicted molar refractivity (Wildman–Crippen MR) is 102 cm³/mol. The third-order valence-electron chi connectivity index (χ3n) is 4.11. The van der Waals surface area contributed by atoms with E-state index >= 15 is 0 Å². The molecule has 0 unspecified atom stereocenters. The first kappa shape index (κ1) is 19.2. The summed E-state index contributed by atoms with van der Waals surface area (Å²) in [5.74, 6) is 0.627. The standard InChI is InChI=1S/C19H22N2O5S/c1-3-25-18-9-8-14(20-13(2)22)12-19(18)27(23,24)21-16-10-11-26-17-7-5-4-6-15(16)17/h4-9,12,16,21H,3,10-11H2,1-2H3,(H,20,22)/t16-/m0/s1. The van der Waals surface area contributed by atoms with Crippen LogP contribution in [0.15, 0.2) is 47.4 Å². The second kappa shape index (κ2) is 7.98. The molecule has 0 bridgehead atoms. The first-order valence-corrected chi connectivity index (χ1v) is 10.2. The van der Waals surface area contributed by atoms with Crippen molar-refractivity contribution in [2.75, 3.05) is 18.5 Å². The Hall–Kier alpha value is -2.58. The van der Waals surface area contributed by atoms with Crippen LogP contribution in [0.3, 0.4) is 0 Å². The second-order valence-corrected chi connectivity index (χ2v) is 7.81. The Morgan fingerprint density at radius 2 is 2.04 bits per heavy atom. The van der Waals surface area contributed by atoms with E-state index in [0.717, 1.165) is 5.56 Å². The fourth-order valence-electron chi connectivity index (χ4n) is 2.99. The molecule has 1 atom stereocenters. The van der Waals surface area contributed by atoms with Crippen LogP contribution in [0.5, 0.6) is 11.5 Å². The average Bonchev–Trinajstić information content (AvgIpc) is 2.63. The summed E-state index contributed by atoms with van der Waals surface area (Å²) >= 11 is 0. The van der Waals surface area contributed by atoms with Crippen molar-refractivity contribution in [2.45, 2.75) is 31.2 Å². The topological polar surface area (TPSA) is 93.7 Å². The van der Waals surface area contributed by atoms with Crippen LogP contribution in [0, 0.1) is 0 Å². The lowest BCUT2D eigenvalue weighted by Gasteiger charge is -2.26. The zero-order chi connectivity index (χ0) is 19.4. The zero-order valence-electron chi connectivity index (χ0n) is 15.2. The van der Waals surface area contributed by atoms with E-state index in [4.69, 9.17) is 9.47 Å². The van der Waals surface area contributed by atoms with Gasteiger partial charge in [-0.25, -0.2) is 13.1 Å². The molecule has 1 heterocycles. The van der Waals surface area contributed by atoms with Gasteiger partial charge in [0.15, 0.2) is 0 Å². The van der Waals surface area contributed by atoms with E-state index in [1.165, 1.54) is 13.0 Å². The fourth-order valence-corrected chi connectivity index (χ4v) is 4.41. The molecule has 0 aromatic heterocycles. The average molecular weight is 390 g/mol. The molecule has 1 amide bonds. The number of carbonyl (C=O) groups excluding carboxylic acids is 1. The van der Waals surface area contributed by atoms with Crippen LogP contribution in [0.1, 0.15) is 31.9 Å². The van der Waals surface area contributed by atoms with E-state index in [1.807, 2.05) is 24.3 Å². The van der Waals surface area contributed by atoms with Crippen LogP contribution in [0.2, 0.25) is 0 Å². The van der Waals surface area contributed by atoms with E-state index in [-0.39, 0.29) is 16.6 Å². The lowest BCUT2D eigenvalue weighted by Crippen LogP contribution is -2.32. The zero-order valence-corrected chi connectivity index (χ0v) is 16.0. The molecule has 8 heteroatoms. The number of sulfonamides is 1. The van der Waals surface area contributed by atoms with Crippen LogP contribution in [-0.4, -0.2) is 27.5 Å². The summed E-state index contributed by atoms with van der Waals surface area (Å²) in [5, 5.41) is 2.60. The molecule has 0 aliphatic carbocycles. The highest BCUT2D eigenvalue weighted by Gasteiger charge is 2.28. The van der Waals surface area contributed by atoms with Gasteiger partial charge in [-0.1, -0.05) is 18.2 Å². The second-order valence-electron chi connectivity index (χ2n) is 6.12. The number of fused-ring (bicyclic) bond motifs is 1. The van der Waals surface area contributed by atoms with Gasteiger partial charge in [-0.05, 0) is 31.2 Å². The van der Waals surface area contributed by atoms with Crippen molar-refractivity contribution in [3.05, 3.63) is 48.0 Å². The van der Waals surface area contributed by atoms with Crippen LogP contribution < -0.4 is 19.5 Å². The third kappa shape index (κ3) is 4.40. The minimum Gasteiger partial charge on any atom is -0.493 e. The van der Waals surface area contributed by atoms with Gasteiger partial charge in [-0.2, -0.15) is 0 Å². The minimum atomic E-state index is -3.90. The highest BCUT2D eigenvalue weighted by molar-refractivity contribution is 7.89. The maximum Gasteiger partial charge on any atom is 0.244 e. The van der Waals surface area contributed by atoms with Gasteiger partial charge in [0.1, 0.15) is 16.4 Å². The van der Waals surface area contributed by atoms with Crippen molar-refractivity contribution in [3.8, 4) is 11.5 Å². The molecule has 144 valence electrons. The summed E-state index contributed by atoms with van der Waals surface area (Å²) in [6, 6.07) is 11.5. The van der Waals surface area contributed by atoms with E-state index in [2.05, 4.69) is 10.0 Å². The molecule has 0 saturated carbocycles. The molecule has 3 rings (SSSR count). The first-order chi connectivity index (χ1) is 12.9. The van der Waals surface area contributed by atoms with Crippen molar-refractivity contribution in [2.24, 2.45) is 0 Å². The highest BCUT2D eigenvalue weighted by atomic mass is 32.2. The van der Waals surface area contributed by atoms with Gasteiger partial charge in [-0.15, -0.1) is 0 Å².